The summed E-state index contributed by atoms with van der Waals surface area (Å²) in [7, 11) is 0. The Morgan fingerprint density at radius 1 is 1.00 bits per heavy atom. The number of aliphatic hydroxyl groups excluding tert-OH is 3. The van der Waals surface area contributed by atoms with Crippen LogP contribution in [0.25, 0.3) is 0 Å². The van der Waals surface area contributed by atoms with Crippen molar-refractivity contribution in [2.45, 2.75) is 102 Å². The van der Waals surface area contributed by atoms with Gasteiger partial charge in [0.15, 0.2) is 0 Å². The van der Waals surface area contributed by atoms with Crippen LogP contribution in [-0.4, -0.2) is 59.6 Å². The smallest absolute Gasteiger partial charge is 0.114 e. The molecule has 5 nitrogen and oxygen atoms in total. The van der Waals surface area contributed by atoms with Gasteiger partial charge in [0.2, 0.25) is 0 Å². The number of ether oxygens (including phenoxy) is 2. The molecule has 1 fully saturated rings. The second-order valence-electron chi connectivity index (χ2n) is 7.33. The fourth-order valence-electron chi connectivity index (χ4n) is 3.30. The summed E-state index contributed by atoms with van der Waals surface area (Å²) in [4.78, 5) is 0. The zero-order chi connectivity index (χ0) is 19.0. The van der Waals surface area contributed by atoms with Crippen molar-refractivity contribution in [3.8, 4) is 0 Å². The molecule has 1 aliphatic rings. The summed E-state index contributed by atoms with van der Waals surface area (Å²) >= 11 is 0. The predicted molar refractivity (Wildman–Crippen MR) is 104 cm³/mol. The van der Waals surface area contributed by atoms with Gasteiger partial charge in [-0.1, -0.05) is 64.0 Å². The molecule has 0 spiro atoms. The van der Waals surface area contributed by atoms with Crippen molar-refractivity contribution < 1.29 is 24.8 Å². The van der Waals surface area contributed by atoms with E-state index in [0.717, 1.165) is 12.8 Å². The third kappa shape index (κ3) is 10.0. The number of aliphatic hydroxyl groups is 3. The predicted octanol–water partition coefficient (Wildman–Crippen LogP) is 3.35. The quantitative estimate of drug-likeness (QED) is 0.286. The Hall–Kier alpha value is -0.460. The number of rotatable bonds is 16. The largest absolute Gasteiger partial charge is 0.394 e. The van der Waals surface area contributed by atoms with Crippen LogP contribution in [0, 0.1) is 0 Å². The van der Waals surface area contributed by atoms with Crippen LogP contribution < -0.4 is 0 Å². The van der Waals surface area contributed by atoms with Crippen molar-refractivity contribution in [2.75, 3.05) is 19.8 Å². The minimum Gasteiger partial charge on any atom is -0.394 e. The molecule has 3 N–H and O–H groups in total. The Balaban J connectivity index is 1.91. The third-order valence-electron chi connectivity index (χ3n) is 4.93. The van der Waals surface area contributed by atoms with E-state index in [-0.39, 0.29) is 13.2 Å². The molecule has 1 saturated heterocycles. The summed E-state index contributed by atoms with van der Waals surface area (Å²) in [6, 6.07) is 0. The van der Waals surface area contributed by atoms with Gasteiger partial charge in [0, 0.05) is 6.61 Å². The van der Waals surface area contributed by atoms with E-state index in [9.17, 15) is 10.2 Å². The van der Waals surface area contributed by atoms with E-state index in [1.165, 1.54) is 57.8 Å². The summed E-state index contributed by atoms with van der Waals surface area (Å²) < 4.78 is 11.0. The SMILES string of the molecule is CCC/C=C/CCCCCCCCCCO[C@H]1[C@@H]([C@H](O)CO)OC[C@@H]1O. The zero-order valence-electron chi connectivity index (χ0n) is 16.5. The molecule has 0 aromatic rings. The van der Waals surface area contributed by atoms with E-state index in [1.54, 1.807) is 0 Å². The van der Waals surface area contributed by atoms with Gasteiger partial charge in [-0.15, -0.1) is 0 Å². The second-order valence-corrected chi connectivity index (χ2v) is 7.33. The van der Waals surface area contributed by atoms with Crippen molar-refractivity contribution >= 4 is 0 Å². The molecule has 1 rings (SSSR count). The molecule has 154 valence electrons. The first-order valence-corrected chi connectivity index (χ1v) is 10.6. The van der Waals surface area contributed by atoms with Crippen molar-refractivity contribution in [1.82, 2.24) is 0 Å². The first-order chi connectivity index (χ1) is 12.7. The van der Waals surface area contributed by atoms with Crippen LogP contribution >= 0.6 is 0 Å². The molecular formula is C21H40O5. The summed E-state index contributed by atoms with van der Waals surface area (Å²) in [6.07, 6.45) is 15.2. The Morgan fingerprint density at radius 2 is 1.62 bits per heavy atom. The first kappa shape index (κ1) is 23.6. The lowest BCUT2D eigenvalue weighted by Crippen LogP contribution is -2.42. The monoisotopic (exact) mass is 372 g/mol. The Morgan fingerprint density at radius 3 is 2.27 bits per heavy atom. The van der Waals surface area contributed by atoms with Gasteiger partial charge in [0.1, 0.15) is 24.4 Å². The summed E-state index contributed by atoms with van der Waals surface area (Å²) in [5, 5.41) is 28.6. The van der Waals surface area contributed by atoms with Crippen molar-refractivity contribution in [2.24, 2.45) is 0 Å². The average molecular weight is 373 g/mol. The van der Waals surface area contributed by atoms with Crippen molar-refractivity contribution in [1.29, 1.82) is 0 Å². The van der Waals surface area contributed by atoms with Crippen molar-refractivity contribution in [3.05, 3.63) is 12.2 Å². The van der Waals surface area contributed by atoms with Crippen LogP contribution in [0.15, 0.2) is 12.2 Å². The number of allylic oxidation sites excluding steroid dienone is 2. The standard InChI is InChI=1S/C21H40O5/c1-2-3-4-5-6-7-8-9-10-11-12-13-14-15-25-21-19(24)17-26-20(21)18(23)16-22/h4-5,18-24H,2-3,6-17H2,1H3/b5-4+/t18-,19+,20-,21-/m1/s1. The lowest BCUT2D eigenvalue weighted by atomic mass is 10.1. The van der Waals surface area contributed by atoms with Crippen LogP contribution in [0.3, 0.4) is 0 Å². The molecule has 1 heterocycles. The first-order valence-electron chi connectivity index (χ1n) is 10.6. The molecule has 4 atom stereocenters. The van der Waals surface area contributed by atoms with Gasteiger partial charge in [0.25, 0.3) is 0 Å². The average Bonchev–Trinajstić information content (AvgIpc) is 3.02. The maximum Gasteiger partial charge on any atom is 0.114 e. The van der Waals surface area contributed by atoms with Crippen LogP contribution in [-0.2, 0) is 9.47 Å². The van der Waals surface area contributed by atoms with Crippen LogP contribution in [0.5, 0.6) is 0 Å². The van der Waals surface area contributed by atoms with Gasteiger partial charge in [-0.05, 0) is 25.7 Å². The zero-order valence-corrected chi connectivity index (χ0v) is 16.5. The fraction of sp³-hybridized carbons (Fsp3) is 0.905. The lowest BCUT2D eigenvalue weighted by Gasteiger charge is -2.23. The second kappa shape index (κ2) is 15.6. The maximum absolute atomic E-state index is 9.86. The van der Waals surface area contributed by atoms with Gasteiger partial charge in [-0.25, -0.2) is 0 Å². The Bertz CT molecular complexity index is 347. The lowest BCUT2D eigenvalue weighted by molar-refractivity contribution is -0.0938. The fourth-order valence-corrected chi connectivity index (χ4v) is 3.30. The highest BCUT2D eigenvalue weighted by molar-refractivity contribution is 4.89. The van der Waals surface area contributed by atoms with Gasteiger partial charge in [-0.3, -0.25) is 0 Å². The molecule has 0 amide bonds. The van der Waals surface area contributed by atoms with E-state index < -0.39 is 24.4 Å². The number of unbranched alkanes of at least 4 members (excludes halogenated alkanes) is 9. The van der Waals surface area contributed by atoms with Gasteiger partial charge >= 0.3 is 0 Å². The summed E-state index contributed by atoms with van der Waals surface area (Å²) in [6.45, 7) is 2.54. The molecule has 5 heteroatoms. The van der Waals surface area contributed by atoms with E-state index >= 15 is 0 Å². The minimum absolute atomic E-state index is 0.154. The molecule has 0 saturated carbocycles. The Labute approximate surface area is 159 Å². The van der Waals surface area contributed by atoms with E-state index in [1.807, 2.05) is 0 Å². The summed E-state index contributed by atoms with van der Waals surface area (Å²) in [5.41, 5.74) is 0. The highest BCUT2D eigenvalue weighted by atomic mass is 16.6. The topological polar surface area (TPSA) is 79.2 Å². The third-order valence-corrected chi connectivity index (χ3v) is 4.93. The molecule has 0 aliphatic carbocycles. The normalized spacial score (nSPS) is 24.5. The summed E-state index contributed by atoms with van der Waals surface area (Å²) in [5.74, 6) is 0. The number of hydrogen-bond acceptors (Lipinski definition) is 5. The van der Waals surface area contributed by atoms with Gasteiger partial charge in [-0.2, -0.15) is 0 Å². The molecule has 0 unspecified atom stereocenters. The molecule has 26 heavy (non-hydrogen) atoms. The van der Waals surface area contributed by atoms with Crippen LogP contribution in [0.1, 0.15) is 77.6 Å². The van der Waals surface area contributed by atoms with E-state index in [4.69, 9.17) is 14.6 Å². The molecular weight excluding hydrogens is 332 g/mol. The maximum atomic E-state index is 9.86. The van der Waals surface area contributed by atoms with Gasteiger partial charge < -0.3 is 24.8 Å². The van der Waals surface area contributed by atoms with E-state index in [2.05, 4.69) is 19.1 Å². The van der Waals surface area contributed by atoms with Gasteiger partial charge in [0.05, 0.1) is 13.2 Å². The van der Waals surface area contributed by atoms with Crippen LogP contribution in [0.4, 0.5) is 0 Å². The molecule has 0 aromatic carbocycles. The molecule has 0 bridgehead atoms. The highest BCUT2D eigenvalue weighted by Crippen LogP contribution is 2.21. The van der Waals surface area contributed by atoms with Crippen LogP contribution in [0.2, 0.25) is 0 Å². The Kier molecular flexibility index (Phi) is 14.1. The highest BCUT2D eigenvalue weighted by Gasteiger charge is 2.40. The minimum atomic E-state index is -1.00. The van der Waals surface area contributed by atoms with E-state index in [0.29, 0.717) is 6.61 Å². The molecule has 1 aliphatic heterocycles. The number of hydrogen-bond donors (Lipinski definition) is 3. The van der Waals surface area contributed by atoms with Crippen molar-refractivity contribution in [3.63, 3.8) is 0 Å². The molecule has 0 aromatic heterocycles. The molecule has 0 radical (unpaired) electrons.